The van der Waals surface area contributed by atoms with Gasteiger partial charge in [-0.25, -0.2) is 0 Å². The molecule has 0 aliphatic carbocycles. The van der Waals surface area contributed by atoms with Crippen LogP contribution < -0.4 is 16.2 Å². The summed E-state index contributed by atoms with van der Waals surface area (Å²) in [5.74, 6) is 0.966. The Morgan fingerprint density at radius 1 is 1.25 bits per heavy atom. The first-order chi connectivity index (χ1) is 11.4. The molecule has 2 aromatic carbocycles. The second-order valence-electron chi connectivity index (χ2n) is 5.31. The Bertz CT molecular complexity index is 786. The Hall–Kier alpha value is -2.11. The minimum absolute atomic E-state index is 0.355. The van der Waals surface area contributed by atoms with Crippen molar-refractivity contribution >= 4 is 35.8 Å². The Morgan fingerprint density at radius 3 is 2.54 bits per heavy atom. The lowest BCUT2D eigenvalue weighted by Gasteiger charge is -2.10. The number of nitrogens with two attached hydrogens (primary N) is 2. The van der Waals surface area contributed by atoms with Crippen LogP contribution in [-0.4, -0.2) is 12.9 Å². The van der Waals surface area contributed by atoms with Gasteiger partial charge in [0.25, 0.3) is 0 Å². The van der Waals surface area contributed by atoms with Gasteiger partial charge in [-0.15, -0.1) is 12.6 Å². The minimum atomic E-state index is 0.355. The summed E-state index contributed by atoms with van der Waals surface area (Å²) in [7, 11) is 1.57. The molecule has 6 heteroatoms. The zero-order chi connectivity index (χ0) is 17.7. The maximum absolute atomic E-state index is 6.16. The Balaban J connectivity index is 2.18. The van der Waals surface area contributed by atoms with Crippen LogP contribution in [0.25, 0.3) is 5.70 Å². The van der Waals surface area contributed by atoms with Gasteiger partial charge in [0, 0.05) is 22.2 Å². The maximum Gasteiger partial charge on any atom is 0.137 e. The molecule has 0 radical (unpaired) electrons. The Labute approximate surface area is 152 Å². The number of hydrogen-bond acceptors (Lipinski definition) is 4. The van der Waals surface area contributed by atoms with Gasteiger partial charge in [0.1, 0.15) is 11.6 Å². The molecule has 0 aliphatic heterocycles. The number of aryl methyl sites for hydroxylation is 1. The van der Waals surface area contributed by atoms with E-state index in [1.165, 1.54) is 0 Å². The normalized spacial score (nSPS) is 12.3. The first-order valence-corrected chi connectivity index (χ1v) is 8.12. The molecule has 0 bridgehead atoms. The number of rotatable bonds is 5. The summed E-state index contributed by atoms with van der Waals surface area (Å²) >= 11 is 10.4. The summed E-state index contributed by atoms with van der Waals surface area (Å²) in [4.78, 5) is 5.24. The van der Waals surface area contributed by atoms with E-state index >= 15 is 0 Å². The van der Waals surface area contributed by atoms with Crippen molar-refractivity contribution in [2.24, 2.45) is 16.5 Å². The lowest BCUT2D eigenvalue weighted by Crippen LogP contribution is -2.12. The van der Waals surface area contributed by atoms with Gasteiger partial charge in [0.2, 0.25) is 0 Å². The molecule has 24 heavy (non-hydrogen) atoms. The van der Waals surface area contributed by atoms with Gasteiger partial charge in [0.15, 0.2) is 0 Å². The highest BCUT2D eigenvalue weighted by atomic mass is 35.5. The topological polar surface area (TPSA) is 73.6 Å². The third kappa shape index (κ3) is 4.69. The van der Waals surface area contributed by atoms with E-state index < -0.39 is 0 Å². The minimum Gasteiger partial charge on any atom is -0.495 e. The molecule has 0 unspecified atom stereocenters. The van der Waals surface area contributed by atoms with E-state index in [0.717, 1.165) is 21.6 Å². The zero-order valence-corrected chi connectivity index (χ0v) is 15.2. The standard InChI is InChI=1S/C18H20ClN3OS/c1-11-7-17(23-2)15(19)8-14(11)16(20)9-18(21)22-10-12-3-5-13(24)6-4-12/h3-9,24H,10,20H2,1-2H3,(H2,21,22)/b16-9-. The van der Waals surface area contributed by atoms with Gasteiger partial charge >= 0.3 is 0 Å². The van der Waals surface area contributed by atoms with Crippen LogP contribution in [0.5, 0.6) is 5.75 Å². The van der Waals surface area contributed by atoms with Gasteiger partial charge in [-0.2, -0.15) is 0 Å². The van der Waals surface area contributed by atoms with Crippen molar-refractivity contribution in [1.82, 2.24) is 0 Å². The van der Waals surface area contributed by atoms with Gasteiger partial charge in [-0.05, 0) is 42.3 Å². The molecule has 0 saturated heterocycles. The van der Waals surface area contributed by atoms with Crippen molar-refractivity contribution in [2.75, 3.05) is 7.11 Å². The largest absolute Gasteiger partial charge is 0.495 e. The predicted octanol–water partition coefficient (Wildman–Crippen LogP) is 3.80. The fourth-order valence-corrected chi connectivity index (χ4v) is 2.58. The average Bonchev–Trinajstić information content (AvgIpc) is 2.56. The summed E-state index contributed by atoms with van der Waals surface area (Å²) in [5.41, 5.74) is 15.4. The Morgan fingerprint density at radius 2 is 1.92 bits per heavy atom. The lowest BCUT2D eigenvalue weighted by molar-refractivity contribution is 0.414. The summed E-state index contributed by atoms with van der Waals surface area (Å²) in [6.07, 6.45) is 1.64. The van der Waals surface area contributed by atoms with E-state index in [9.17, 15) is 0 Å². The van der Waals surface area contributed by atoms with E-state index in [1.807, 2.05) is 37.3 Å². The molecular weight excluding hydrogens is 342 g/mol. The van der Waals surface area contributed by atoms with Crippen LogP contribution in [-0.2, 0) is 6.54 Å². The summed E-state index contributed by atoms with van der Waals surface area (Å²) < 4.78 is 5.19. The van der Waals surface area contributed by atoms with Crippen molar-refractivity contribution in [3.63, 3.8) is 0 Å². The number of benzene rings is 2. The maximum atomic E-state index is 6.16. The lowest BCUT2D eigenvalue weighted by atomic mass is 10.1. The van der Waals surface area contributed by atoms with Crippen molar-refractivity contribution < 1.29 is 4.74 Å². The van der Waals surface area contributed by atoms with Crippen molar-refractivity contribution in [2.45, 2.75) is 18.4 Å². The van der Waals surface area contributed by atoms with Crippen LogP contribution in [0.4, 0.5) is 0 Å². The predicted molar refractivity (Wildman–Crippen MR) is 104 cm³/mol. The molecule has 0 atom stereocenters. The van der Waals surface area contributed by atoms with E-state index in [-0.39, 0.29) is 0 Å². The van der Waals surface area contributed by atoms with Crippen molar-refractivity contribution in [1.29, 1.82) is 0 Å². The van der Waals surface area contributed by atoms with Gasteiger partial charge in [0.05, 0.1) is 18.7 Å². The molecule has 0 spiro atoms. The number of halogens is 1. The number of methoxy groups -OCH3 is 1. The van der Waals surface area contributed by atoms with E-state index in [1.54, 1.807) is 19.3 Å². The van der Waals surface area contributed by atoms with E-state index in [4.69, 9.17) is 27.8 Å². The molecule has 4 nitrogen and oxygen atoms in total. The highest BCUT2D eigenvalue weighted by molar-refractivity contribution is 7.80. The van der Waals surface area contributed by atoms with Gasteiger partial charge in [-0.1, -0.05) is 23.7 Å². The number of ether oxygens (including phenoxy) is 1. The van der Waals surface area contributed by atoms with Crippen LogP contribution in [0, 0.1) is 6.92 Å². The smallest absolute Gasteiger partial charge is 0.137 e. The molecule has 0 fully saturated rings. The highest BCUT2D eigenvalue weighted by Crippen LogP contribution is 2.29. The first kappa shape index (κ1) is 18.2. The molecule has 126 valence electrons. The third-order valence-corrected chi connectivity index (χ3v) is 4.09. The molecule has 4 N–H and O–H groups in total. The number of hydrogen-bond donors (Lipinski definition) is 3. The molecular formula is C18H20ClN3OS. The first-order valence-electron chi connectivity index (χ1n) is 7.30. The SMILES string of the molecule is COc1cc(C)c(/C(N)=C/C(N)=NCc2ccc(S)cc2)cc1Cl. The molecule has 2 aromatic rings. The van der Waals surface area contributed by atoms with E-state index in [2.05, 4.69) is 17.6 Å². The average molecular weight is 362 g/mol. The number of amidine groups is 1. The third-order valence-electron chi connectivity index (χ3n) is 3.49. The molecule has 0 aromatic heterocycles. The van der Waals surface area contributed by atoms with Crippen LogP contribution >= 0.6 is 24.2 Å². The second kappa shape index (κ2) is 8.13. The Kier molecular flexibility index (Phi) is 6.17. The number of nitrogens with zero attached hydrogens (tertiary/aromatic N) is 1. The van der Waals surface area contributed by atoms with Crippen molar-refractivity contribution in [3.8, 4) is 5.75 Å². The fourth-order valence-electron chi connectivity index (χ4n) is 2.19. The van der Waals surface area contributed by atoms with Gasteiger partial charge < -0.3 is 16.2 Å². The van der Waals surface area contributed by atoms with E-state index in [0.29, 0.717) is 28.8 Å². The van der Waals surface area contributed by atoms with Crippen molar-refractivity contribution in [3.05, 3.63) is 64.2 Å². The summed E-state index contributed by atoms with van der Waals surface area (Å²) in [5, 5.41) is 0.497. The zero-order valence-electron chi connectivity index (χ0n) is 13.6. The highest BCUT2D eigenvalue weighted by Gasteiger charge is 2.08. The second-order valence-corrected chi connectivity index (χ2v) is 6.23. The molecule has 0 heterocycles. The number of aliphatic imine (C=N–C) groups is 1. The quantitative estimate of drug-likeness (QED) is 0.431. The summed E-state index contributed by atoms with van der Waals surface area (Å²) in [6.45, 7) is 2.41. The van der Waals surface area contributed by atoms with Crippen LogP contribution in [0.1, 0.15) is 16.7 Å². The van der Waals surface area contributed by atoms with Crippen LogP contribution in [0.2, 0.25) is 5.02 Å². The van der Waals surface area contributed by atoms with Crippen LogP contribution in [0.3, 0.4) is 0 Å². The number of thiol groups is 1. The molecule has 0 aliphatic rings. The monoisotopic (exact) mass is 361 g/mol. The fraction of sp³-hybridized carbons (Fsp3) is 0.167. The molecule has 2 rings (SSSR count). The molecule has 0 saturated carbocycles. The van der Waals surface area contributed by atoms with Gasteiger partial charge in [-0.3, -0.25) is 4.99 Å². The summed E-state index contributed by atoms with van der Waals surface area (Å²) in [6, 6.07) is 11.3. The van der Waals surface area contributed by atoms with Crippen LogP contribution in [0.15, 0.2) is 52.4 Å². The molecule has 0 amide bonds.